The van der Waals surface area contributed by atoms with Gasteiger partial charge in [-0.15, -0.1) is 0 Å². The molecule has 0 aromatic heterocycles. The van der Waals surface area contributed by atoms with Crippen molar-refractivity contribution in [2.45, 2.75) is 39.8 Å². The van der Waals surface area contributed by atoms with Crippen molar-refractivity contribution < 1.29 is 0 Å². The molecular weight excluding hydrogens is 256 g/mol. The molecule has 1 N–H and O–H groups in total. The topological polar surface area (TPSA) is 35.8 Å². The van der Waals surface area contributed by atoms with Gasteiger partial charge in [-0.05, 0) is 56.5 Å². The summed E-state index contributed by atoms with van der Waals surface area (Å²) in [6, 6.07) is 17.0. The lowest BCUT2D eigenvalue weighted by atomic mass is 9.98. The molecule has 0 spiro atoms. The highest BCUT2D eigenvalue weighted by Crippen LogP contribution is 2.23. The minimum atomic E-state index is 0.202. The van der Waals surface area contributed by atoms with E-state index in [1.54, 1.807) is 0 Å². The summed E-state index contributed by atoms with van der Waals surface area (Å²) in [5.41, 5.74) is 5.77. The van der Waals surface area contributed by atoms with E-state index in [2.05, 4.69) is 63.3 Å². The number of aryl methyl sites for hydroxylation is 2. The van der Waals surface area contributed by atoms with Gasteiger partial charge in [-0.3, -0.25) is 0 Å². The van der Waals surface area contributed by atoms with Crippen LogP contribution in [0.3, 0.4) is 0 Å². The predicted octanol–water partition coefficient (Wildman–Crippen LogP) is 4.59. The van der Waals surface area contributed by atoms with Gasteiger partial charge in [-0.2, -0.15) is 5.26 Å². The van der Waals surface area contributed by atoms with Gasteiger partial charge in [0.2, 0.25) is 0 Å². The molecule has 0 bridgehead atoms. The number of hydrogen-bond acceptors (Lipinski definition) is 2. The van der Waals surface area contributed by atoms with Gasteiger partial charge < -0.3 is 5.32 Å². The molecule has 2 rings (SSSR count). The Hall–Kier alpha value is -2.11. The smallest absolute Gasteiger partial charge is 0.0991 e. The van der Waals surface area contributed by atoms with Gasteiger partial charge in [0.25, 0.3) is 0 Å². The Balaban J connectivity index is 2.16. The van der Waals surface area contributed by atoms with Gasteiger partial charge in [0, 0.05) is 12.1 Å². The lowest BCUT2D eigenvalue weighted by molar-refractivity contribution is 0.493. The van der Waals surface area contributed by atoms with Crippen LogP contribution < -0.4 is 5.32 Å². The second-order valence-electron chi connectivity index (χ2n) is 5.71. The standard InChI is InChI=1S/C19H22N2/c1-13-8-9-14(2)19(10-13)16(4)21-15(3)18-7-5-6-17(11-18)12-20/h5-11,15-16,21H,1-4H3. The number of benzene rings is 2. The van der Waals surface area contributed by atoms with Gasteiger partial charge in [0.05, 0.1) is 11.6 Å². The van der Waals surface area contributed by atoms with E-state index in [4.69, 9.17) is 5.26 Å². The fourth-order valence-electron chi connectivity index (χ4n) is 2.66. The molecule has 0 aliphatic carbocycles. The van der Waals surface area contributed by atoms with Crippen molar-refractivity contribution in [2.75, 3.05) is 0 Å². The molecule has 21 heavy (non-hydrogen) atoms. The second kappa shape index (κ2) is 6.56. The predicted molar refractivity (Wildman–Crippen MR) is 87.0 cm³/mol. The maximum Gasteiger partial charge on any atom is 0.0991 e. The van der Waals surface area contributed by atoms with E-state index in [0.717, 1.165) is 5.56 Å². The molecule has 2 heteroatoms. The minimum Gasteiger partial charge on any atom is -0.304 e. The van der Waals surface area contributed by atoms with E-state index < -0.39 is 0 Å². The summed E-state index contributed by atoms with van der Waals surface area (Å²) in [6.07, 6.45) is 0. The zero-order valence-electron chi connectivity index (χ0n) is 13.1. The summed E-state index contributed by atoms with van der Waals surface area (Å²) >= 11 is 0. The average molecular weight is 278 g/mol. The molecule has 2 unspecified atom stereocenters. The molecule has 0 fully saturated rings. The zero-order valence-corrected chi connectivity index (χ0v) is 13.1. The number of nitrogens with zero attached hydrogens (tertiary/aromatic N) is 1. The van der Waals surface area contributed by atoms with Crippen LogP contribution in [0.25, 0.3) is 0 Å². The largest absolute Gasteiger partial charge is 0.304 e. The van der Waals surface area contributed by atoms with E-state index in [0.29, 0.717) is 5.56 Å². The first-order valence-corrected chi connectivity index (χ1v) is 7.34. The maximum atomic E-state index is 9.00. The molecule has 0 heterocycles. The highest BCUT2D eigenvalue weighted by molar-refractivity contribution is 5.35. The van der Waals surface area contributed by atoms with Crippen LogP contribution in [-0.4, -0.2) is 0 Å². The molecule has 2 atom stereocenters. The van der Waals surface area contributed by atoms with Gasteiger partial charge in [0.1, 0.15) is 0 Å². The van der Waals surface area contributed by atoms with Crippen LogP contribution in [0.5, 0.6) is 0 Å². The van der Waals surface area contributed by atoms with Crippen molar-refractivity contribution >= 4 is 0 Å². The normalized spacial score (nSPS) is 13.5. The Morgan fingerprint density at radius 2 is 1.76 bits per heavy atom. The Bertz CT molecular complexity index is 668. The van der Waals surface area contributed by atoms with Crippen LogP contribution in [-0.2, 0) is 0 Å². The number of nitriles is 1. The van der Waals surface area contributed by atoms with Crippen LogP contribution in [0.2, 0.25) is 0 Å². The van der Waals surface area contributed by atoms with Crippen LogP contribution in [0, 0.1) is 25.2 Å². The number of rotatable bonds is 4. The molecule has 2 nitrogen and oxygen atoms in total. The first-order valence-electron chi connectivity index (χ1n) is 7.34. The summed E-state index contributed by atoms with van der Waals surface area (Å²) in [7, 11) is 0. The summed E-state index contributed by atoms with van der Waals surface area (Å²) in [5, 5.41) is 12.6. The molecule has 2 aromatic carbocycles. The van der Waals surface area contributed by atoms with Gasteiger partial charge in [-0.25, -0.2) is 0 Å². The van der Waals surface area contributed by atoms with Crippen molar-refractivity contribution in [1.29, 1.82) is 5.26 Å². The molecule has 0 amide bonds. The summed E-state index contributed by atoms with van der Waals surface area (Å²) in [4.78, 5) is 0. The molecule has 108 valence electrons. The highest BCUT2D eigenvalue weighted by Gasteiger charge is 2.13. The third kappa shape index (κ3) is 3.71. The van der Waals surface area contributed by atoms with E-state index in [9.17, 15) is 0 Å². The van der Waals surface area contributed by atoms with Crippen LogP contribution in [0.1, 0.15) is 53.7 Å². The molecule has 0 saturated carbocycles. The Morgan fingerprint density at radius 1 is 1.00 bits per heavy atom. The summed E-state index contributed by atoms with van der Waals surface area (Å²) < 4.78 is 0. The fourth-order valence-corrected chi connectivity index (χ4v) is 2.66. The number of nitrogens with one attached hydrogen (secondary N) is 1. The molecule has 2 aromatic rings. The quantitative estimate of drug-likeness (QED) is 0.888. The van der Waals surface area contributed by atoms with Gasteiger partial charge >= 0.3 is 0 Å². The van der Waals surface area contributed by atoms with E-state index >= 15 is 0 Å². The second-order valence-corrected chi connectivity index (χ2v) is 5.71. The zero-order chi connectivity index (χ0) is 15.4. The lowest BCUT2D eigenvalue weighted by Gasteiger charge is -2.22. The molecule has 0 aliphatic heterocycles. The van der Waals surface area contributed by atoms with E-state index in [1.807, 2.05) is 18.2 Å². The Kier molecular flexibility index (Phi) is 4.77. The summed E-state index contributed by atoms with van der Waals surface area (Å²) in [6.45, 7) is 8.59. The van der Waals surface area contributed by atoms with Crippen molar-refractivity contribution in [1.82, 2.24) is 5.32 Å². The Labute approximate surface area is 127 Å². The van der Waals surface area contributed by atoms with Crippen molar-refractivity contribution in [3.05, 3.63) is 70.3 Å². The number of hydrogen-bond donors (Lipinski definition) is 1. The fraction of sp³-hybridized carbons (Fsp3) is 0.316. The van der Waals surface area contributed by atoms with Crippen LogP contribution in [0.4, 0.5) is 0 Å². The highest BCUT2D eigenvalue weighted by atomic mass is 14.9. The van der Waals surface area contributed by atoms with Crippen LogP contribution in [0.15, 0.2) is 42.5 Å². The minimum absolute atomic E-state index is 0.202. The molecule has 0 saturated heterocycles. The average Bonchev–Trinajstić information content (AvgIpc) is 2.49. The van der Waals surface area contributed by atoms with E-state index in [1.165, 1.54) is 16.7 Å². The van der Waals surface area contributed by atoms with Gasteiger partial charge in [0.15, 0.2) is 0 Å². The van der Waals surface area contributed by atoms with Gasteiger partial charge in [-0.1, -0.05) is 35.9 Å². The van der Waals surface area contributed by atoms with Crippen molar-refractivity contribution in [3.8, 4) is 6.07 Å². The third-order valence-corrected chi connectivity index (χ3v) is 3.92. The van der Waals surface area contributed by atoms with Crippen molar-refractivity contribution in [2.24, 2.45) is 0 Å². The molecule has 0 aliphatic rings. The molecule has 0 radical (unpaired) electrons. The monoisotopic (exact) mass is 278 g/mol. The first-order chi connectivity index (χ1) is 10.0. The van der Waals surface area contributed by atoms with E-state index in [-0.39, 0.29) is 12.1 Å². The Morgan fingerprint density at radius 3 is 2.48 bits per heavy atom. The molecular formula is C19H22N2. The first kappa shape index (κ1) is 15.3. The van der Waals surface area contributed by atoms with Crippen LogP contribution >= 0.6 is 0 Å². The maximum absolute atomic E-state index is 9.00. The third-order valence-electron chi connectivity index (χ3n) is 3.92. The van der Waals surface area contributed by atoms with Crippen molar-refractivity contribution in [3.63, 3.8) is 0 Å². The SMILES string of the molecule is Cc1ccc(C)c(C(C)NC(C)c2cccc(C#N)c2)c1. The lowest BCUT2D eigenvalue weighted by Crippen LogP contribution is -2.23. The summed E-state index contributed by atoms with van der Waals surface area (Å²) in [5.74, 6) is 0.